The summed E-state index contributed by atoms with van der Waals surface area (Å²) < 4.78 is 5.66. The Morgan fingerprint density at radius 1 is 1.06 bits per heavy atom. The lowest BCUT2D eigenvalue weighted by atomic mass is 10.1. The number of hydrogen-bond acceptors (Lipinski definition) is 3. The molecular formula is C14H14N2O2. The Morgan fingerprint density at radius 2 is 1.72 bits per heavy atom. The van der Waals surface area contributed by atoms with Gasteiger partial charge in [-0.15, -0.1) is 0 Å². The zero-order chi connectivity index (χ0) is 13.1. The van der Waals surface area contributed by atoms with Gasteiger partial charge < -0.3 is 16.2 Å². The van der Waals surface area contributed by atoms with Gasteiger partial charge in [0.15, 0.2) is 5.75 Å². The standard InChI is InChI=1S/C14H14N2O2/c1-9-5-4-8-12(13(9)15)18-11-7-3-2-6-10(11)14(16)17/h2-8H,15H2,1H3,(H2,16,17). The Balaban J connectivity index is 2.40. The van der Waals surface area contributed by atoms with Crippen molar-refractivity contribution in [2.45, 2.75) is 6.92 Å². The van der Waals surface area contributed by atoms with Crippen LogP contribution in [0.3, 0.4) is 0 Å². The van der Waals surface area contributed by atoms with E-state index >= 15 is 0 Å². The highest BCUT2D eigenvalue weighted by molar-refractivity contribution is 5.95. The van der Waals surface area contributed by atoms with Gasteiger partial charge in [-0.3, -0.25) is 4.79 Å². The quantitative estimate of drug-likeness (QED) is 0.811. The van der Waals surface area contributed by atoms with Crippen LogP contribution in [0.1, 0.15) is 15.9 Å². The molecule has 0 atom stereocenters. The molecule has 0 aliphatic carbocycles. The summed E-state index contributed by atoms with van der Waals surface area (Å²) in [4.78, 5) is 11.3. The van der Waals surface area contributed by atoms with Crippen LogP contribution < -0.4 is 16.2 Å². The molecule has 0 aliphatic rings. The number of hydrogen-bond donors (Lipinski definition) is 2. The molecule has 0 heterocycles. The molecule has 0 spiro atoms. The maximum absolute atomic E-state index is 11.3. The van der Waals surface area contributed by atoms with Crippen molar-refractivity contribution in [1.29, 1.82) is 0 Å². The molecule has 0 fully saturated rings. The van der Waals surface area contributed by atoms with Crippen molar-refractivity contribution >= 4 is 11.6 Å². The van der Waals surface area contributed by atoms with Crippen molar-refractivity contribution in [3.05, 3.63) is 53.6 Å². The topological polar surface area (TPSA) is 78.3 Å². The Bertz CT molecular complexity index is 594. The predicted octanol–water partition coefficient (Wildman–Crippen LogP) is 2.47. The Hall–Kier alpha value is -2.49. The minimum Gasteiger partial charge on any atom is -0.454 e. The molecular weight excluding hydrogens is 228 g/mol. The average molecular weight is 242 g/mol. The van der Waals surface area contributed by atoms with Crippen LogP contribution in [-0.2, 0) is 0 Å². The first-order valence-corrected chi connectivity index (χ1v) is 5.51. The van der Waals surface area contributed by atoms with Crippen molar-refractivity contribution in [3.63, 3.8) is 0 Å². The fraction of sp³-hybridized carbons (Fsp3) is 0.0714. The smallest absolute Gasteiger partial charge is 0.252 e. The van der Waals surface area contributed by atoms with Gasteiger partial charge in [-0.05, 0) is 30.7 Å². The summed E-state index contributed by atoms with van der Waals surface area (Å²) in [6.45, 7) is 1.89. The van der Waals surface area contributed by atoms with E-state index in [9.17, 15) is 4.79 Å². The third kappa shape index (κ3) is 2.27. The predicted molar refractivity (Wildman–Crippen MR) is 70.6 cm³/mol. The molecule has 0 saturated carbocycles. The minimum atomic E-state index is -0.531. The van der Waals surface area contributed by atoms with Gasteiger partial charge in [0.2, 0.25) is 0 Å². The number of aryl methyl sites for hydroxylation is 1. The SMILES string of the molecule is Cc1cccc(Oc2ccccc2C(N)=O)c1N. The molecule has 2 aromatic carbocycles. The van der Waals surface area contributed by atoms with E-state index in [1.807, 2.05) is 19.1 Å². The number of carbonyl (C=O) groups is 1. The molecule has 1 amide bonds. The first kappa shape index (κ1) is 12.0. The number of nitrogen functional groups attached to an aromatic ring is 1. The van der Waals surface area contributed by atoms with Crippen molar-refractivity contribution in [2.75, 3.05) is 5.73 Å². The van der Waals surface area contributed by atoms with E-state index in [0.717, 1.165) is 5.56 Å². The summed E-state index contributed by atoms with van der Waals surface area (Å²) in [5.41, 5.74) is 13.0. The van der Waals surface area contributed by atoms with Gasteiger partial charge in [-0.1, -0.05) is 24.3 Å². The van der Waals surface area contributed by atoms with Crippen LogP contribution in [0.5, 0.6) is 11.5 Å². The van der Waals surface area contributed by atoms with Crippen molar-refractivity contribution in [3.8, 4) is 11.5 Å². The Morgan fingerprint density at radius 3 is 2.44 bits per heavy atom. The summed E-state index contributed by atoms with van der Waals surface area (Å²) in [5, 5.41) is 0. The molecule has 0 saturated heterocycles. The number of anilines is 1. The highest BCUT2D eigenvalue weighted by atomic mass is 16.5. The zero-order valence-electron chi connectivity index (χ0n) is 10.0. The van der Waals surface area contributed by atoms with E-state index in [-0.39, 0.29) is 0 Å². The van der Waals surface area contributed by atoms with Crippen molar-refractivity contribution in [2.24, 2.45) is 5.73 Å². The molecule has 0 unspecified atom stereocenters. The molecule has 2 aromatic rings. The van der Waals surface area contributed by atoms with Crippen LogP contribution in [0.25, 0.3) is 0 Å². The van der Waals surface area contributed by atoms with Gasteiger partial charge in [0.1, 0.15) is 5.75 Å². The number of amides is 1. The summed E-state index contributed by atoms with van der Waals surface area (Å²) in [5.74, 6) is 0.392. The average Bonchev–Trinajstić information content (AvgIpc) is 2.35. The van der Waals surface area contributed by atoms with Crippen molar-refractivity contribution in [1.82, 2.24) is 0 Å². The molecule has 0 aromatic heterocycles. The van der Waals surface area contributed by atoms with Crippen LogP contribution in [-0.4, -0.2) is 5.91 Å². The second kappa shape index (κ2) is 4.79. The molecule has 4 heteroatoms. The maximum Gasteiger partial charge on any atom is 0.252 e. The molecule has 0 radical (unpaired) electrons. The van der Waals surface area contributed by atoms with Gasteiger partial charge in [-0.2, -0.15) is 0 Å². The van der Waals surface area contributed by atoms with Crippen LogP contribution in [0.2, 0.25) is 0 Å². The molecule has 4 N–H and O–H groups in total. The first-order valence-electron chi connectivity index (χ1n) is 5.51. The molecule has 2 rings (SSSR count). The number of carbonyl (C=O) groups excluding carboxylic acids is 1. The molecule has 0 aliphatic heterocycles. The van der Waals surface area contributed by atoms with E-state index in [1.165, 1.54) is 0 Å². The van der Waals surface area contributed by atoms with Gasteiger partial charge in [0, 0.05) is 0 Å². The number of ether oxygens (including phenoxy) is 1. The molecule has 92 valence electrons. The Kier molecular flexibility index (Phi) is 3.19. The first-order chi connectivity index (χ1) is 8.59. The lowest BCUT2D eigenvalue weighted by Gasteiger charge is -2.12. The van der Waals surface area contributed by atoms with E-state index in [4.69, 9.17) is 16.2 Å². The minimum absolute atomic E-state index is 0.332. The third-order valence-electron chi connectivity index (χ3n) is 2.66. The molecule has 4 nitrogen and oxygen atoms in total. The molecule has 18 heavy (non-hydrogen) atoms. The number of benzene rings is 2. The summed E-state index contributed by atoms with van der Waals surface area (Å²) in [6.07, 6.45) is 0. The van der Waals surface area contributed by atoms with Gasteiger partial charge >= 0.3 is 0 Å². The summed E-state index contributed by atoms with van der Waals surface area (Å²) >= 11 is 0. The van der Waals surface area contributed by atoms with Gasteiger partial charge in [0.25, 0.3) is 5.91 Å². The number of para-hydroxylation sites is 2. The second-order valence-corrected chi connectivity index (χ2v) is 3.95. The van der Waals surface area contributed by atoms with Crippen LogP contribution >= 0.6 is 0 Å². The van der Waals surface area contributed by atoms with Crippen LogP contribution in [0.15, 0.2) is 42.5 Å². The van der Waals surface area contributed by atoms with E-state index in [1.54, 1.807) is 30.3 Å². The normalized spacial score (nSPS) is 10.1. The maximum atomic E-state index is 11.3. The van der Waals surface area contributed by atoms with Gasteiger partial charge in [0.05, 0.1) is 11.3 Å². The van der Waals surface area contributed by atoms with Gasteiger partial charge in [-0.25, -0.2) is 0 Å². The van der Waals surface area contributed by atoms with E-state index in [0.29, 0.717) is 22.7 Å². The van der Waals surface area contributed by atoms with Crippen LogP contribution in [0, 0.1) is 6.92 Å². The number of nitrogens with two attached hydrogens (primary N) is 2. The lowest BCUT2D eigenvalue weighted by molar-refractivity contribution is 0.0998. The van der Waals surface area contributed by atoms with Crippen LogP contribution in [0.4, 0.5) is 5.69 Å². The largest absolute Gasteiger partial charge is 0.454 e. The fourth-order valence-corrected chi connectivity index (χ4v) is 1.62. The van der Waals surface area contributed by atoms with E-state index < -0.39 is 5.91 Å². The summed E-state index contributed by atoms with van der Waals surface area (Å²) in [6, 6.07) is 12.3. The monoisotopic (exact) mass is 242 g/mol. The lowest BCUT2D eigenvalue weighted by Crippen LogP contribution is -2.12. The zero-order valence-corrected chi connectivity index (χ0v) is 10.0. The highest BCUT2D eigenvalue weighted by Gasteiger charge is 2.11. The summed E-state index contributed by atoms with van der Waals surface area (Å²) in [7, 11) is 0. The Labute approximate surface area is 105 Å². The number of rotatable bonds is 3. The van der Waals surface area contributed by atoms with Crippen molar-refractivity contribution < 1.29 is 9.53 Å². The highest BCUT2D eigenvalue weighted by Crippen LogP contribution is 2.31. The fourth-order valence-electron chi connectivity index (χ4n) is 1.62. The third-order valence-corrected chi connectivity index (χ3v) is 2.66. The second-order valence-electron chi connectivity index (χ2n) is 3.95. The molecule has 0 bridgehead atoms. The van der Waals surface area contributed by atoms with E-state index in [2.05, 4.69) is 0 Å². The number of primary amides is 1.